The first-order valence-electron chi connectivity index (χ1n) is 7.45. The molecule has 4 heteroatoms. The minimum absolute atomic E-state index is 0.380. The zero-order valence-electron chi connectivity index (χ0n) is 13.0. The molecule has 19 heavy (non-hydrogen) atoms. The van der Waals surface area contributed by atoms with E-state index in [1.165, 1.54) is 19.3 Å². The lowest BCUT2D eigenvalue weighted by atomic mass is 9.78. The zero-order chi connectivity index (χ0) is 14.2. The Balaban J connectivity index is 2.20. The molecular formula is C15H28N4. The van der Waals surface area contributed by atoms with Gasteiger partial charge in [-0.25, -0.2) is 0 Å². The van der Waals surface area contributed by atoms with E-state index < -0.39 is 0 Å². The summed E-state index contributed by atoms with van der Waals surface area (Å²) >= 11 is 0. The molecule has 1 aromatic rings. The normalized spacial score (nSPS) is 19.2. The molecule has 4 nitrogen and oxygen atoms in total. The molecule has 108 valence electrons. The van der Waals surface area contributed by atoms with Gasteiger partial charge in [0, 0.05) is 20.1 Å². The smallest absolute Gasteiger partial charge is 0.150 e. The van der Waals surface area contributed by atoms with Gasteiger partial charge in [0.25, 0.3) is 0 Å². The van der Waals surface area contributed by atoms with Gasteiger partial charge in [-0.05, 0) is 24.2 Å². The molecule has 1 aliphatic rings. The van der Waals surface area contributed by atoms with Crippen LogP contribution in [0.1, 0.15) is 58.6 Å². The van der Waals surface area contributed by atoms with E-state index in [-0.39, 0.29) is 0 Å². The molecule has 2 N–H and O–H groups in total. The van der Waals surface area contributed by atoms with Crippen LogP contribution in [0.2, 0.25) is 0 Å². The lowest BCUT2D eigenvalue weighted by Crippen LogP contribution is -2.39. The predicted octanol–water partition coefficient (Wildman–Crippen LogP) is 3.14. The first-order valence-corrected chi connectivity index (χ1v) is 7.45. The van der Waals surface area contributed by atoms with E-state index in [9.17, 15) is 0 Å². The molecule has 0 saturated carbocycles. The van der Waals surface area contributed by atoms with Crippen LogP contribution in [0.4, 0.5) is 11.5 Å². The van der Waals surface area contributed by atoms with E-state index >= 15 is 0 Å². The summed E-state index contributed by atoms with van der Waals surface area (Å²) in [5, 5.41) is 4.59. The van der Waals surface area contributed by atoms with Crippen LogP contribution in [-0.4, -0.2) is 22.9 Å². The fraction of sp³-hybridized carbons (Fsp3) is 0.800. The Kier molecular flexibility index (Phi) is 3.79. The Morgan fingerprint density at radius 3 is 2.32 bits per heavy atom. The van der Waals surface area contributed by atoms with Crippen LogP contribution < -0.4 is 10.6 Å². The Bertz CT molecular complexity index is 439. The lowest BCUT2D eigenvalue weighted by molar-refractivity contribution is 0.237. The van der Waals surface area contributed by atoms with Gasteiger partial charge in [-0.3, -0.25) is 4.68 Å². The summed E-state index contributed by atoms with van der Waals surface area (Å²) in [6.45, 7) is 11.2. The summed E-state index contributed by atoms with van der Waals surface area (Å²) in [7, 11) is 2.01. The number of nitrogens with zero attached hydrogens (tertiary/aromatic N) is 3. The van der Waals surface area contributed by atoms with Gasteiger partial charge >= 0.3 is 0 Å². The summed E-state index contributed by atoms with van der Waals surface area (Å²) in [5.41, 5.74) is 8.72. The fourth-order valence-electron chi connectivity index (χ4n) is 2.97. The summed E-state index contributed by atoms with van der Waals surface area (Å²) in [4.78, 5) is 2.41. The van der Waals surface area contributed by atoms with Crippen LogP contribution >= 0.6 is 0 Å². The number of hydrogen-bond acceptors (Lipinski definition) is 3. The number of nitrogens with two attached hydrogens (primary N) is 1. The van der Waals surface area contributed by atoms with Crippen molar-refractivity contribution in [1.82, 2.24) is 9.78 Å². The number of hydrogen-bond donors (Lipinski definition) is 1. The van der Waals surface area contributed by atoms with Gasteiger partial charge in [-0.15, -0.1) is 0 Å². The third-order valence-electron chi connectivity index (χ3n) is 4.75. The molecule has 0 spiro atoms. The molecule has 1 aromatic heterocycles. The lowest BCUT2D eigenvalue weighted by Gasteiger charge is -2.39. The van der Waals surface area contributed by atoms with Crippen molar-refractivity contribution in [2.75, 3.05) is 23.7 Å². The highest BCUT2D eigenvalue weighted by atomic mass is 15.4. The number of aryl methyl sites for hydroxylation is 1. The zero-order valence-corrected chi connectivity index (χ0v) is 13.0. The third-order valence-corrected chi connectivity index (χ3v) is 4.75. The van der Waals surface area contributed by atoms with Crippen LogP contribution in [-0.2, 0) is 7.05 Å². The molecular weight excluding hydrogens is 236 g/mol. The average Bonchev–Trinajstić information content (AvgIpc) is 2.67. The van der Waals surface area contributed by atoms with Gasteiger partial charge < -0.3 is 10.6 Å². The first-order chi connectivity index (χ1) is 8.88. The van der Waals surface area contributed by atoms with Crippen molar-refractivity contribution >= 4 is 11.5 Å². The molecule has 1 saturated heterocycles. The Labute approximate surface area is 117 Å². The van der Waals surface area contributed by atoms with Crippen LogP contribution in [0.15, 0.2) is 0 Å². The molecule has 1 aliphatic heterocycles. The molecule has 0 aliphatic carbocycles. The monoisotopic (exact) mass is 264 g/mol. The summed E-state index contributed by atoms with van der Waals surface area (Å²) in [5.74, 6) is 1.49. The minimum atomic E-state index is 0.380. The molecule has 1 fully saturated rings. The van der Waals surface area contributed by atoms with Crippen molar-refractivity contribution in [2.45, 2.75) is 52.9 Å². The maximum absolute atomic E-state index is 6.31. The summed E-state index contributed by atoms with van der Waals surface area (Å²) < 4.78 is 1.96. The molecule has 0 radical (unpaired) electrons. The van der Waals surface area contributed by atoms with Crippen LogP contribution in [0.25, 0.3) is 0 Å². The molecule has 2 heterocycles. The summed E-state index contributed by atoms with van der Waals surface area (Å²) in [6.07, 6.45) is 3.75. The SMILES string of the molecule is CCC1(C)CCN(c2c(N)c(C(C)C)nn2C)CC1. The van der Waals surface area contributed by atoms with Crippen molar-refractivity contribution in [3.63, 3.8) is 0 Å². The topological polar surface area (TPSA) is 47.1 Å². The largest absolute Gasteiger partial charge is 0.394 e. The molecule has 0 amide bonds. The highest BCUT2D eigenvalue weighted by Crippen LogP contribution is 2.38. The quantitative estimate of drug-likeness (QED) is 0.912. The van der Waals surface area contributed by atoms with Crippen molar-refractivity contribution in [3.05, 3.63) is 5.69 Å². The standard InChI is InChI=1S/C15H28N4/c1-6-15(4)7-9-19(10-8-15)14-12(16)13(11(2)3)17-18(14)5/h11H,6-10,16H2,1-5H3. The van der Waals surface area contributed by atoms with Gasteiger partial charge in [0.2, 0.25) is 0 Å². The Hall–Kier alpha value is -1.19. The van der Waals surface area contributed by atoms with Crippen molar-refractivity contribution in [2.24, 2.45) is 12.5 Å². The predicted molar refractivity (Wildman–Crippen MR) is 81.6 cm³/mol. The van der Waals surface area contributed by atoms with E-state index in [2.05, 4.69) is 37.7 Å². The van der Waals surface area contributed by atoms with Gasteiger partial charge in [0.05, 0.1) is 11.4 Å². The van der Waals surface area contributed by atoms with Crippen LogP contribution in [0, 0.1) is 5.41 Å². The van der Waals surface area contributed by atoms with Gasteiger partial charge in [-0.1, -0.05) is 34.1 Å². The second-order valence-corrected chi connectivity index (χ2v) is 6.55. The maximum Gasteiger partial charge on any atom is 0.150 e. The second kappa shape index (κ2) is 5.06. The second-order valence-electron chi connectivity index (χ2n) is 6.55. The number of piperidine rings is 1. The van der Waals surface area contributed by atoms with Crippen molar-refractivity contribution in [1.29, 1.82) is 0 Å². The fourth-order valence-corrected chi connectivity index (χ4v) is 2.97. The molecule has 0 aromatic carbocycles. The van der Waals surface area contributed by atoms with E-state index in [0.717, 1.165) is 30.3 Å². The molecule has 0 bridgehead atoms. The van der Waals surface area contributed by atoms with E-state index in [0.29, 0.717) is 11.3 Å². The van der Waals surface area contributed by atoms with E-state index in [4.69, 9.17) is 5.73 Å². The van der Waals surface area contributed by atoms with Crippen molar-refractivity contribution in [3.8, 4) is 0 Å². The number of nitrogen functional groups attached to an aromatic ring is 1. The molecule has 0 atom stereocenters. The Morgan fingerprint density at radius 1 is 1.32 bits per heavy atom. The van der Waals surface area contributed by atoms with Crippen molar-refractivity contribution < 1.29 is 0 Å². The number of rotatable bonds is 3. The van der Waals surface area contributed by atoms with E-state index in [1.807, 2.05) is 11.7 Å². The third kappa shape index (κ3) is 2.58. The van der Waals surface area contributed by atoms with Gasteiger partial charge in [-0.2, -0.15) is 5.10 Å². The van der Waals surface area contributed by atoms with Crippen LogP contribution in [0.3, 0.4) is 0 Å². The highest BCUT2D eigenvalue weighted by molar-refractivity contribution is 5.67. The maximum atomic E-state index is 6.31. The van der Waals surface area contributed by atoms with Gasteiger partial charge in [0.1, 0.15) is 5.82 Å². The summed E-state index contributed by atoms with van der Waals surface area (Å²) in [6, 6.07) is 0. The van der Waals surface area contributed by atoms with Gasteiger partial charge in [0.15, 0.2) is 0 Å². The number of aromatic nitrogens is 2. The van der Waals surface area contributed by atoms with E-state index in [1.54, 1.807) is 0 Å². The molecule has 0 unspecified atom stereocenters. The molecule has 2 rings (SSSR count). The highest BCUT2D eigenvalue weighted by Gasteiger charge is 2.31. The van der Waals surface area contributed by atoms with Crippen LogP contribution in [0.5, 0.6) is 0 Å². The Morgan fingerprint density at radius 2 is 1.89 bits per heavy atom. The number of anilines is 2. The first kappa shape index (κ1) is 14.2. The minimum Gasteiger partial charge on any atom is -0.394 e. The average molecular weight is 264 g/mol.